The van der Waals surface area contributed by atoms with Gasteiger partial charge in [-0.2, -0.15) is 0 Å². The Bertz CT molecular complexity index is 198. The molecule has 0 fully saturated rings. The number of nitrogens with zero attached hydrogens (tertiary/aromatic N) is 2. The lowest BCUT2D eigenvalue weighted by Crippen LogP contribution is -2.35. The van der Waals surface area contributed by atoms with Gasteiger partial charge in [0.2, 0.25) is 0 Å². The van der Waals surface area contributed by atoms with Gasteiger partial charge < -0.3 is 10.2 Å². The summed E-state index contributed by atoms with van der Waals surface area (Å²) in [6, 6.07) is 0. The number of aliphatic hydroxyl groups is 2. The van der Waals surface area contributed by atoms with E-state index in [9.17, 15) is 0 Å². The van der Waals surface area contributed by atoms with Crippen LogP contribution in [0.5, 0.6) is 0 Å². The van der Waals surface area contributed by atoms with Crippen LogP contribution in [-0.2, 0) is 13.5 Å². The van der Waals surface area contributed by atoms with Crippen LogP contribution in [0.15, 0.2) is 12.4 Å². The van der Waals surface area contributed by atoms with Crippen molar-refractivity contribution in [1.29, 1.82) is 0 Å². The summed E-state index contributed by atoms with van der Waals surface area (Å²) < 4.78 is 3.27. The third kappa shape index (κ3) is 1.03. The van der Waals surface area contributed by atoms with Gasteiger partial charge in [-0.05, 0) is 0 Å². The van der Waals surface area contributed by atoms with Crippen LogP contribution in [0.3, 0.4) is 0 Å². The molecular formula is C6H11N2O2+. The molecule has 1 aromatic rings. The Balaban J connectivity index is 2.97. The lowest BCUT2D eigenvalue weighted by atomic mass is 10.7. The Labute approximate surface area is 59.0 Å². The van der Waals surface area contributed by atoms with Crippen molar-refractivity contribution in [2.24, 2.45) is 0 Å². The maximum atomic E-state index is 8.70. The molecule has 0 aliphatic rings. The van der Waals surface area contributed by atoms with Crippen LogP contribution in [0.2, 0.25) is 0 Å². The van der Waals surface area contributed by atoms with E-state index in [0.717, 1.165) is 5.82 Å². The van der Waals surface area contributed by atoms with E-state index in [1.165, 1.54) is 0 Å². The molecule has 2 N–H and O–H groups in total. The quantitative estimate of drug-likeness (QED) is 0.521. The third-order valence-electron chi connectivity index (χ3n) is 1.56. The number of rotatable bonds is 2. The second-order valence-corrected chi connectivity index (χ2v) is 2.07. The Morgan fingerprint density at radius 1 is 1.60 bits per heavy atom. The van der Waals surface area contributed by atoms with E-state index < -0.39 is 0 Å². The summed E-state index contributed by atoms with van der Waals surface area (Å²) >= 11 is 0. The largest absolute Gasteiger partial charge is 0.358 e. The summed E-state index contributed by atoms with van der Waals surface area (Å²) in [7, 11) is 0. The van der Waals surface area contributed by atoms with Crippen LogP contribution in [0.1, 0.15) is 5.82 Å². The average Bonchev–Trinajstić information content (AvgIpc) is 2.30. The second-order valence-electron chi connectivity index (χ2n) is 2.07. The average molecular weight is 143 g/mol. The molecular weight excluding hydrogens is 132 g/mol. The molecule has 1 heterocycles. The molecule has 1 rings (SSSR count). The van der Waals surface area contributed by atoms with Crippen LogP contribution in [-0.4, -0.2) is 14.8 Å². The molecule has 10 heavy (non-hydrogen) atoms. The lowest BCUT2D eigenvalue weighted by Gasteiger charge is -1.92. The van der Waals surface area contributed by atoms with Gasteiger partial charge in [-0.1, -0.05) is 0 Å². The molecule has 56 valence electrons. The minimum atomic E-state index is -0.0428. The fraction of sp³-hybridized carbons (Fsp3) is 0.500. The molecule has 0 saturated carbocycles. The van der Waals surface area contributed by atoms with Gasteiger partial charge in [0.1, 0.15) is 12.4 Å². The first-order chi connectivity index (χ1) is 4.79. The zero-order valence-corrected chi connectivity index (χ0v) is 5.86. The van der Waals surface area contributed by atoms with Gasteiger partial charge in [-0.3, -0.25) is 0 Å². The van der Waals surface area contributed by atoms with Crippen molar-refractivity contribution < 1.29 is 14.8 Å². The highest BCUT2D eigenvalue weighted by Gasteiger charge is 2.08. The van der Waals surface area contributed by atoms with E-state index >= 15 is 0 Å². The Kier molecular flexibility index (Phi) is 2.03. The van der Waals surface area contributed by atoms with Crippen LogP contribution < -0.4 is 4.57 Å². The summed E-state index contributed by atoms with van der Waals surface area (Å²) in [4.78, 5) is 0. The van der Waals surface area contributed by atoms with Gasteiger partial charge in [0, 0.05) is 6.92 Å². The smallest absolute Gasteiger partial charge is 0.257 e. The van der Waals surface area contributed by atoms with Crippen LogP contribution in [0.4, 0.5) is 0 Å². The number of hydrogen-bond acceptors (Lipinski definition) is 2. The molecule has 4 nitrogen and oxygen atoms in total. The summed E-state index contributed by atoms with van der Waals surface area (Å²) in [6.07, 6.45) is 3.43. The first kappa shape index (κ1) is 7.24. The van der Waals surface area contributed by atoms with Crippen LogP contribution in [0, 0.1) is 6.92 Å². The molecule has 0 radical (unpaired) electrons. The minimum absolute atomic E-state index is 0.0428. The standard InChI is InChI=1S/C6H11N2O2/c1-6-7(4-9)2-3-8(6)5-10/h2-3,9-10H,4-5H2,1H3/q+1. The first-order valence-corrected chi connectivity index (χ1v) is 3.06. The van der Waals surface area contributed by atoms with Crippen molar-refractivity contribution in [1.82, 2.24) is 4.57 Å². The van der Waals surface area contributed by atoms with Gasteiger partial charge in [0.25, 0.3) is 5.82 Å². The molecule has 0 aliphatic heterocycles. The fourth-order valence-corrected chi connectivity index (χ4v) is 0.841. The van der Waals surface area contributed by atoms with Crippen LogP contribution >= 0.6 is 0 Å². The molecule has 1 aromatic heterocycles. The van der Waals surface area contributed by atoms with Crippen molar-refractivity contribution in [2.45, 2.75) is 20.4 Å². The molecule has 0 unspecified atom stereocenters. The van der Waals surface area contributed by atoms with Crippen molar-refractivity contribution in [2.75, 3.05) is 0 Å². The number of aromatic nitrogens is 2. The number of imidazole rings is 1. The van der Waals surface area contributed by atoms with E-state index in [1.54, 1.807) is 21.5 Å². The fourth-order valence-electron chi connectivity index (χ4n) is 0.841. The maximum Gasteiger partial charge on any atom is 0.257 e. The Morgan fingerprint density at radius 3 is 2.60 bits per heavy atom. The number of aliphatic hydroxyl groups excluding tert-OH is 2. The second kappa shape index (κ2) is 2.81. The molecule has 0 aliphatic carbocycles. The zero-order valence-electron chi connectivity index (χ0n) is 5.86. The topological polar surface area (TPSA) is 49.3 Å². The van der Waals surface area contributed by atoms with Gasteiger partial charge in [-0.25, -0.2) is 9.13 Å². The Hall–Kier alpha value is -0.870. The van der Waals surface area contributed by atoms with Gasteiger partial charge >= 0.3 is 0 Å². The normalized spacial score (nSPS) is 10.3. The SMILES string of the molecule is Cc1n(CO)cc[n+]1CO. The minimum Gasteiger partial charge on any atom is -0.358 e. The van der Waals surface area contributed by atoms with Gasteiger partial charge in [0.05, 0.1) is 0 Å². The van der Waals surface area contributed by atoms with E-state index in [1.807, 2.05) is 6.92 Å². The summed E-state index contributed by atoms with van der Waals surface area (Å²) in [5.74, 6) is 0.838. The summed E-state index contributed by atoms with van der Waals surface area (Å²) in [5.41, 5.74) is 0. The van der Waals surface area contributed by atoms with Crippen molar-refractivity contribution in [3.05, 3.63) is 18.2 Å². The Morgan fingerprint density at radius 2 is 2.30 bits per heavy atom. The van der Waals surface area contributed by atoms with Crippen molar-refractivity contribution >= 4 is 0 Å². The third-order valence-corrected chi connectivity index (χ3v) is 1.56. The van der Waals surface area contributed by atoms with E-state index in [0.29, 0.717) is 0 Å². The molecule has 0 spiro atoms. The maximum absolute atomic E-state index is 8.70. The highest BCUT2D eigenvalue weighted by Crippen LogP contribution is 1.89. The molecule has 0 bridgehead atoms. The van der Waals surface area contributed by atoms with Crippen molar-refractivity contribution in [3.63, 3.8) is 0 Å². The highest BCUT2D eigenvalue weighted by atomic mass is 16.3. The molecule has 4 heteroatoms. The van der Waals surface area contributed by atoms with Gasteiger partial charge in [0.15, 0.2) is 13.5 Å². The van der Waals surface area contributed by atoms with Crippen LogP contribution in [0.25, 0.3) is 0 Å². The number of hydrogen-bond donors (Lipinski definition) is 2. The highest BCUT2D eigenvalue weighted by molar-refractivity contribution is 4.77. The molecule has 0 saturated heterocycles. The summed E-state index contributed by atoms with van der Waals surface area (Å²) in [5, 5.41) is 17.4. The van der Waals surface area contributed by atoms with E-state index in [2.05, 4.69) is 0 Å². The molecule has 0 atom stereocenters. The summed E-state index contributed by atoms with van der Waals surface area (Å²) in [6.45, 7) is 1.74. The lowest BCUT2D eigenvalue weighted by molar-refractivity contribution is -0.734. The van der Waals surface area contributed by atoms with E-state index in [4.69, 9.17) is 10.2 Å². The predicted octanol–water partition coefficient (Wildman–Crippen LogP) is -1.02. The van der Waals surface area contributed by atoms with Gasteiger partial charge in [-0.15, -0.1) is 0 Å². The zero-order chi connectivity index (χ0) is 7.56. The first-order valence-electron chi connectivity index (χ1n) is 3.06. The van der Waals surface area contributed by atoms with Crippen molar-refractivity contribution in [3.8, 4) is 0 Å². The predicted molar refractivity (Wildman–Crippen MR) is 33.8 cm³/mol. The molecule has 0 amide bonds. The molecule has 0 aromatic carbocycles. The monoisotopic (exact) mass is 143 g/mol. The van der Waals surface area contributed by atoms with E-state index in [-0.39, 0.29) is 13.5 Å².